The molecule has 43 heavy (non-hydrogen) atoms. The number of hydrogen-bond donors (Lipinski definition) is 1. The van der Waals surface area contributed by atoms with E-state index in [1.54, 1.807) is 4.90 Å². The number of rotatable bonds is 6. The summed E-state index contributed by atoms with van der Waals surface area (Å²) in [5.74, 6) is -1.45. The van der Waals surface area contributed by atoms with Crippen LogP contribution in [0.3, 0.4) is 0 Å². The van der Waals surface area contributed by atoms with Crippen molar-refractivity contribution in [1.29, 1.82) is 0 Å². The first-order valence-corrected chi connectivity index (χ1v) is 15.4. The van der Waals surface area contributed by atoms with E-state index in [9.17, 15) is 18.4 Å². The van der Waals surface area contributed by atoms with Crippen LogP contribution >= 0.6 is 0 Å². The predicted octanol–water partition coefficient (Wildman–Crippen LogP) is 6.80. The van der Waals surface area contributed by atoms with Gasteiger partial charge in [0.15, 0.2) is 11.6 Å². The average molecular weight is 588 g/mol. The molecule has 3 aliphatic rings. The minimum atomic E-state index is -0.991. The van der Waals surface area contributed by atoms with Gasteiger partial charge in [-0.1, -0.05) is 42.5 Å². The lowest BCUT2D eigenvalue weighted by Crippen LogP contribution is -2.57. The van der Waals surface area contributed by atoms with Gasteiger partial charge in [0.2, 0.25) is 0 Å². The molecule has 2 aromatic carbocycles. The van der Waals surface area contributed by atoms with Gasteiger partial charge in [-0.15, -0.1) is 0 Å². The molecule has 0 bridgehead atoms. The summed E-state index contributed by atoms with van der Waals surface area (Å²) in [4.78, 5) is 37.7. The number of nitrogens with one attached hydrogen (secondary N) is 1. The lowest BCUT2D eigenvalue weighted by Gasteiger charge is -2.43. The number of carbonyl (C=O) groups excluding carboxylic acids is 2. The number of benzene rings is 2. The van der Waals surface area contributed by atoms with Crippen molar-refractivity contribution in [3.05, 3.63) is 101 Å². The third-order valence-electron chi connectivity index (χ3n) is 9.57. The van der Waals surface area contributed by atoms with E-state index in [4.69, 9.17) is 0 Å². The van der Waals surface area contributed by atoms with Gasteiger partial charge in [-0.2, -0.15) is 0 Å². The van der Waals surface area contributed by atoms with Crippen molar-refractivity contribution in [2.45, 2.75) is 75.5 Å². The molecule has 226 valence electrons. The summed E-state index contributed by atoms with van der Waals surface area (Å²) in [5, 5.41) is 3.13. The molecule has 0 spiro atoms. The molecular weight excluding hydrogens is 548 g/mol. The topological polar surface area (TPSA) is 68.8 Å². The Morgan fingerprint density at radius 3 is 2.40 bits per heavy atom. The highest BCUT2D eigenvalue weighted by Gasteiger charge is 2.42. The van der Waals surface area contributed by atoms with Gasteiger partial charge in [-0.05, 0) is 80.8 Å². The number of hydrogen-bond acceptors (Lipinski definition) is 4. The zero-order chi connectivity index (χ0) is 29.9. The van der Waals surface area contributed by atoms with Gasteiger partial charge in [0, 0.05) is 49.5 Å². The van der Waals surface area contributed by atoms with Gasteiger partial charge in [-0.3, -0.25) is 9.88 Å². The van der Waals surface area contributed by atoms with Crippen molar-refractivity contribution in [1.82, 2.24) is 25.0 Å². The molecule has 3 fully saturated rings. The lowest BCUT2D eigenvalue weighted by molar-refractivity contribution is 0.0933. The summed E-state index contributed by atoms with van der Waals surface area (Å²) in [6, 6.07) is 17.9. The van der Waals surface area contributed by atoms with Gasteiger partial charge in [0.25, 0.3) is 0 Å². The van der Waals surface area contributed by atoms with E-state index < -0.39 is 29.7 Å². The highest BCUT2D eigenvalue weighted by Crippen LogP contribution is 2.37. The number of aromatic nitrogens is 1. The summed E-state index contributed by atoms with van der Waals surface area (Å²) in [5.41, 5.74) is 2.55. The van der Waals surface area contributed by atoms with Gasteiger partial charge in [-0.25, -0.2) is 23.3 Å². The molecule has 2 aliphatic heterocycles. The van der Waals surface area contributed by atoms with E-state index in [0.29, 0.717) is 30.5 Å². The molecule has 2 saturated heterocycles. The normalized spacial score (nSPS) is 25.5. The van der Waals surface area contributed by atoms with Gasteiger partial charge in [0.1, 0.15) is 0 Å². The summed E-state index contributed by atoms with van der Waals surface area (Å²) in [7, 11) is 0. The van der Waals surface area contributed by atoms with Crippen molar-refractivity contribution in [3.63, 3.8) is 0 Å². The number of likely N-dealkylation sites (tertiary alicyclic amines) is 1. The van der Waals surface area contributed by atoms with Crippen LogP contribution in [-0.4, -0.2) is 63.5 Å². The van der Waals surface area contributed by atoms with Crippen LogP contribution in [0.5, 0.6) is 0 Å². The van der Waals surface area contributed by atoms with Crippen molar-refractivity contribution in [3.8, 4) is 0 Å². The van der Waals surface area contributed by atoms with Crippen LogP contribution in [0.4, 0.5) is 18.4 Å². The minimum absolute atomic E-state index is 0.0960. The molecule has 3 unspecified atom stereocenters. The van der Waals surface area contributed by atoms with Crippen LogP contribution in [0.2, 0.25) is 0 Å². The predicted molar refractivity (Wildman–Crippen MR) is 160 cm³/mol. The van der Waals surface area contributed by atoms with E-state index in [2.05, 4.69) is 21.3 Å². The molecule has 0 radical (unpaired) electrons. The fourth-order valence-corrected chi connectivity index (χ4v) is 7.13. The van der Waals surface area contributed by atoms with Crippen LogP contribution in [0.25, 0.3) is 0 Å². The Kier molecular flexibility index (Phi) is 8.70. The maximum absolute atomic E-state index is 14.3. The summed E-state index contributed by atoms with van der Waals surface area (Å²) in [6.07, 6.45) is 7.46. The summed E-state index contributed by atoms with van der Waals surface area (Å²) < 4.78 is 28.0. The maximum atomic E-state index is 14.3. The Morgan fingerprint density at radius 2 is 1.67 bits per heavy atom. The number of urea groups is 2. The molecule has 1 aliphatic carbocycles. The lowest BCUT2D eigenvalue weighted by atomic mass is 9.83. The Balaban J connectivity index is 1.14. The first kappa shape index (κ1) is 29.2. The quantitative estimate of drug-likeness (QED) is 0.345. The van der Waals surface area contributed by atoms with Crippen molar-refractivity contribution in [2.24, 2.45) is 0 Å². The monoisotopic (exact) mass is 587 g/mol. The molecule has 1 saturated carbocycles. The second-order valence-corrected chi connectivity index (χ2v) is 12.1. The van der Waals surface area contributed by atoms with Crippen LogP contribution in [0.1, 0.15) is 80.3 Å². The zero-order valence-corrected chi connectivity index (χ0v) is 24.5. The maximum Gasteiger partial charge on any atom is 0.329 e. The largest absolute Gasteiger partial charge is 0.333 e. The Morgan fingerprint density at radius 1 is 0.907 bits per heavy atom. The van der Waals surface area contributed by atoms with Crippen molar-refractivity contribution < 1.29 is 18.4 Å². The van der Waals surface area contributed by atoms with Crippen LogP contribution in [0.15, 0.2) is 72.9 Å². The molecule has 4 amide bonds. The van der Waals surface area contributed by atoms with Crippen LogP contribution in [0, 0.1) is 11.6 Å². The number of nitrogens with zero attached hydrogens (tertiary/aromatic N) is 4. The zero-order valence-electron chi connectivity index (χ0n) is 24.5. The van der Waals surface area contributed by atoms with E-state index in [1.165, 1.54) is 16.7 Å². The second-order valence-electron chi connectivity index (χ2n) is 12.1. The van der Waals surface area contributed by atoms with E-state index in [1.807, 2.05) is 55.6 Å². The van der Waals surface area contributed by atoms with E-state index in [-0.39, 0.29) is 12.1 Å². The number of amides is 4. The fourth-order valence-electron chi connectivity index (χ4n) is 7.13. The first-order valence-electron chi connectivity index (χ1n) is 15.4. The van der Waals surface area contributed by atoms with Crippen LogP contribution in [-0.2, 0) is 0 Å². The summed E-state index contributed by atoms with van der Waals surface area (Å²) in [6.45, 7) is 3.95. The van der Waals surface area contributed by atoms with Gasteiger partial charge < -0.3 is 10.2 Å². The molecule has 3 heterocycles. The first-order chi connectivity index (χ1) is 20.9. The standard InChI is InChI=1S/C34H39F2N5O2/c1-23(24-7-3-2-4-8-24)40-20-17-32(26-12-15-29(35)30(36)21-26)41(34(40)43)33(42)38-27-16-19-39(22-27)28-13-10-25(11-14-28)31-9-5-6-18-37-31/h2-9,12,15,18,21,23,25,27-28,32H,10-11,13-14,16-17,19-20,22H2,1H3,(H,38,42). The number of imide groups is 1. The molecule has 7 nitrogen and oxygen atoms in total. The SMILES string of the molecule is CC(c1ccccc1)N1CCC(c2ccc(F)c(F)c2)N(C(=O)NC2CCN(C3CCC(c4ccccn4)CC3)C2)C1=O. The molecule has 3 aromatic rings. The van der Waals surface area contributed by atoms with E-state index in [0.717, 1.165) is 62.9 Å². The second kappa shape index (κ2) is 12.8. The van der Waals surface area contributed by atoms with Gasteiger partial charge in [0.05, 0.1) is 12.1 Å². The molecule has 9 heteroatoms. The minimum Gasteiger partial charge on any atom is -0.333 e. The number of pyridine rings is 1. The Bertz CT molecular complexity index is 1420. The molecular formula is C34H39F2N5O2. The Hall–Kier alpha value is -3.85. The van der Waals surface area contributed by atoms with Crippen LogP contribution < -0.4 is 5.32 Å². The van der Waals surface area contributed by atoms with Crippen molar-refractivity contribution >= 4 is 12.1 Å². The van der Waals surface area contributed by atoms with Gasteiger partial charge >= 0.3 is 12.1 Å². The summed E-state index contributed by atoms with van der Waals surface area (Å²) >= 11 is 0. The molecule has 1 aromatic heterocycles. The van der Waals surface area contributed by atoms with Crippen molar-refractivity contribution in [2.75, 3.05) is 19.6 Å². The average Bonchev–Trinajstić information content (AvgIpc) is 3.51. The fraction of sp³-hybridized carbons (Fsp3) is 0.441. The molecule has 3 atom stereocenters. The number of halogens is 2. The smallest absolute Gasteiger partial charge is 0.329 e. The highest BCUT2D eigenvalue weighted by molar-refractivity contribution is 5.95. The molecule has 6 rings (SSSR count). The number of carbonyl (C=O) groups is 2. The third kappa shape index (κ3) is 6.27. The Labute approximate surface area is 251 Å². The molecule has 1 N–H and O–H groups in total. The third-order valence-corrected chi connectivity index (χ3v) is 9.57. The highest BCUT2D eigenvalue weighted by atomic mass is 19.2. The van der Waals surface area contributed by atoms with E-state index >= 15 is 0 Å².